The molecule has 0 radical (unpaired) electrons. The molecule has 3 aromatic rings. The Morgan fingerprint density at radius 3 is 2.13 bits per heavy atom. The molecule has 1 unspecified atom stereocenters. The molecule has 7 nitrogen and oxygen atoms in total. The summed E-state index contributed by atoms with van der Waals surface area (Å²) in [4.78, 5) is 28.3. The van der Waals surface area contributed by atoms with E-state index in [1.54, 1.807) is 37.3 Å². The van der Waals surface area contributed by atoms with Gasteiger partial charge in [0.15, 0.2) is 0 Å². The first-order chi connectivity index (χ1) is 18.0. The monoisotopic (exact) mass is 599 g/mol. The van der Waals surface area contributed by atoms with Gasteiger partial charge in [0.1, 0.15) is 12.6 Å². The maximum atomic E-state index is 13.9. The lowest BCUT2D eigenvalue weighted by atomic mass is 10.1. The normalized spacial score (nSPS) is 12.0. The first-order valence-electron chi connectivity index (χ1n) is 12.5. The van der Waals surface area contributed by atoms with Crippen molar-refractivity contribution in [2.24, 2.45) is 0 Å². The van der Waals surface area contributed by atoms with E-state index in [0.717, 1.165) is 31.9 Å². The van der Waals surface area contributed by atoms with Crippen LogP contribution in [0.25, 0.3) is 0 Å². The number of hydrogen-bond donors (Lipinski definition) is 1. The first kappa shape index (κ1) is 29.4. The minimum absolute atomic E-state index is 0.0835. The van der Waals surface area contributed by atoms with Crippen LogP contribution >= 0.6 is 15.9 Å². The number of nitrogens with zero attached hydrogens (tertiary/aromatic N) is 2. The Bertz CT molecular complexity index is 1340. The second kappa shape index (κ2) is 13.1. The number of carbonyl (C=O) groups is 2. The zero-order chi connectivity index (χ0) is 27.9. The van der Waals surface area contributed by atoms with Crippen molar-refractivity contribution >= 4 is 43.5 Å². The minimum Gasteiger partial charge on any atom is -0.354 e. The van der Waals surface area contributed by atoms with E-state index in [1.807, 2.05) is 51.1 Å². The summed E-state index contributed by atoms with van der Waals surface area (Å²) in [5.41, 5.74) is 2.96. The Balaban J connectivity index is 2.03. The van der Waals surface area contributed by atoms with E-state index in [4.69, 9.17) is 0 Å². The Hall–Kier alpha value is -3.17. The Labute approximate surface area is 234 Å². The van der Waals surface area contributed by atoms with Crippen LogP contribution in [0, 0.1) is 13.8 Å². The van der Waals surface area contributed by atoms with Crippen molar-refractivity contribution in [3.63, 3.8) is 0 Å². The van der Waals surface area contributed by atoms with Gasteiger partial charge in [0.2, 0.25) is 11.8 Å². The highest BCUT2D eigenvalue weighted by molar-refractivity contribution is 9.10. The largest absolute Gasteiger partial charge is 0.354 e. The lowest BCUT2D eigenvalue weighted by Gasteiger charge is -2.32. The van der Waals surface area contributed by atoms with Gasteiger partial charge in [-0.3, -0.25) is 13.9 Å². The van der Waals surface area contributed by atoms with Crippen LogP contribution in [0.15, 0.2) is 82.2 Å². The molecule has 9 heteroatoms. The number of halogens is 1. The third-order valence-electron chi connectivity index (χ3n) is 6.09. The molecule has 3 rings (SSSR count). The van der Waals surface area contributed by atoms with Crippen LogP contribution < -0.4 is 9.62 Å². The number of nitrogens with one attached hydrogen (secondary N) is 1. The molecule has 1 atom stereocenters. The number of aryl methyl sites for hydroxylation is 2. The van der Waals surface area contributed by atoms with Crippen LogP contribution in [-0.4, -0.2) is 44.3 Å². The Morgan fingerprint density at radius 2 is 1.55 bits per heavy atom. The van der Waals surface area contributed by atoms with Crippen molar-refractivity contribution < 1.29 is 18.0 Å². The number of benzene rings is 3. The first-order valence-corrected chi connectivity index (χ1v) is 14.7. The number of sulfonamides is 1. The van der Waals surface area contributed by atoms with Crippen LogP contribution in [0.3, 0.4) is 0 Å². The van der Waals surface area contributed by atoms with E-state index in [2.05, 4.69) is 21.2 Å². The van der Waals surface area contributed by atoms with Crippen molar-refractivity contribution in [2.75, 3.05) is 17.4 Å². The smallest absolute Gasteiger partial charge is 0.264 e. The highest BCUT2D eigenvalue weighted by Gasteiger charge is 2.32. The summed E-state index contributed by atoms with van der Waals surface area (Å²) in [6.45, 7) is 7.55. The van der Waals surface area contributed by atoms with Crippen molar-refractivity contribution in [3.05, 3.63) is 94.0 Å². The van der Waals surface area contributed by atoms with Crippen LogP contribution in [0.4, 0.5) is 5.69 Å². The van der Waals surface area contributed by atoms with Crippen molar-refractivity contribution in [1.82, 2.24) is 10.2 Å². The molecule has 0 saturated carbocycles. The van der Waals surface area contributed by atoms with Crippen LogP contribution in [0.1, 0.15) is 37.0 Å². The topological polar surface area (TPSA) is 86.8 Å². The fourth-order valence-corrected chi connectivity index (χ4v) is 5.79. The zero-order valence-corrected chi connectivity index (χ0v) is 24.6. The molecule has 0 heterocycles. The third-order valence-corrected chi connectivity index (χ3v) is 8.40. The quantitative estimate of drug-likeness (QED) is 0.328. The number of rotatable bonds is 11. The van der Waals surface area contributed by atoms with Crippen molar-refractivity contribution in [2.45, 2.75) is 51.6 Å². The Kier molecular flexibility index (Phi) is 10.1. The van der Waals surface area contributed by atoms with Crippen LogP contribution in [-0.2, 0) is 26.2 Å². The van der Waals surface area contributed by atoms with Crippen molar-refractivity contribution in [3.8, 4) is 0 Å². The molecule has 0 aliphatic carbocycles. The molecule has 0 spiro atoms. The van der Waals surface area contributed by atoms with Gasteiger partial charge < -0.3 is 10.2 Å². The van der Waals surface area contributed by atoms with Crippen LogP contribution in [0.2, 0.25) is 0 Å². The van der Waals surface area contributed by atoms with Crippen LogP contribution in [0.5, 0.6) is 0 Å². The Morgan fingerprint density at radius 1 is 0.947 bits per heavy atom. The van der Waals surface area contributed by atoms with Gasteiger partial charge in [-0.05, 0) is 80.3 Å². The van der Waals surface area contributed by atoms with E-state index in [1.165, 1.54) is 17.0 Å². The van der Waals surface area contributed by atoms with E-state index in [9.17, 15) is 18.0 Å². The summed E-state index contributed by atoms with van der Waals surface area (Å²) in [6.07, 6.45) is 0.759. The summed E-state index contributed by atoms with van der Waals surface area (Å²) in [5.74, 6) is -0.771. The summed E-state index contributed by atoms with van der Waals surface area (Å²) < 4.78 is 29.7. The van der Waals surface area contributed by atoms with Gasteiger partial charge in [-0.25, -0.2) is 8.42 Å². The molecule has 0 bridgehead atoms. The molecule has 0 aliphatic rings. The number of amides is 2. The fourth-order valence-electron chi connectivity index (χ4n) is 4.11. The predicted octanol–water partition coefficient (Wildman–Crippen LogP) is 5.20. The SMILES string of the molecule is CCCNC(=O)C(C)N(Cc1ccc(Br)cc1)C(=O)CN(c1cc(C)cc(C)c1)S(=O)(=O)c1ccccc1. The number of carbonyl (C=O) groups excluding carboxylic acids is 2. The highest BCUT2D eigenvalue weighted by Crippen LogP contribution is 2.26. The zero-order valence-electron chi connectivity index (χ0n) is 22.1. The average Bonchev–Trinajstić information content (AvgIpc) is 2.89. The van der Waals surface area contributed by atoms with E-state index >= 15 is 0 Å². The molecule has 2 amide bonds. The van der Waals surface area contributed by atoms with Gasteiger partial charge in [-0.1, -0.05) is 59.3 Å². The van der Waals surface area contributed by atoms with E-state index in [0.29, 0.717) is 12.2 Å². The average molecular weight is 601 g/mol. The van der Waals surface area contributed by atoms with E-state index in [-0.39, 0.29) is 17.3 Å². The molecule has 3 aromatic carbocycles. The molecule has 0 fully saturated rings. The molecule has 202 valence electrons. The summed E-state index contributed by atoms with van der Waals surface area (Å²) in [6, 6.07) is 20.1. The van der Waals surface area contributed by atoms with Gasteiger partial charge in [0.05, 0.1) is 10.6 Å². The maximum absolute atomic E-state index is 13.9. The number of hydrogen-bond acceptors (Lipinski definition) is 4. The molecular formula is C29H34BrN3O4S. The lowest BCUT2D eigenvalue weighted by Crippen LogP contribution is -2.51. The molecule has 38 heavy (non-hydrogen) atoms. The molecular weight excluding hydrogens is 566 g/mol. The van der Waals surface area contributed by atoms with E-state index < -0.39 is 28.5 Å². The second-order valence-electron chi connectivity index (χ2n) is 9.29. The summed E-state index contributed by atoms with van der Waals surface area (Å²) >= 11 is 3.42. The molecule has 1 N–H and O–H groups in total. The predicted molar refractivity (Wildman–Crippen MR) is 154 cm³/mol. The van der Waals surface area contributed by atoms with Gasteiger partial charge in [-0.15, -0.1) is 0 Å². The van der Waals surface area contributed by atoms with Gasteiger partial charge in [0, 0.05) is 17.6 Å². The standard InChI is InChI=1S/C29H34BrN3O4S/c1-5-15-31-29(35)23(4)32(19-24-11-13-25(30)14-12-24)28(34)20-33(26-17-21(2)16-22(3)18-26)38(36,37)27-9-7-6-8-10-27/h6-14,16-18,23H,5,15,19-20H2,1-4H3,(H,31,35). The fraction of sp³-hybridized carbons (Fsp3) is 0.310. The third kappa shape index (κ3) is 7.45. The summed E-state index contributed by atoms with van der Waals surface area (Å²) in [5, 5.41) is 2.85. The molecule has 0 aromatic heterocycles. The second-order valence-corrected chi connectivity index (χ2v) is 12.1. The highest BCUT2D eigenvalue weighted by atomic mass is 79.9. The number of anilines is 1. The minimum atomic E-state index is -4.08. The molecule has 0 saturated heterocycles. The van der Waals surface area contributed by atoms with Gasteiger partial charge in [-0.2, -0.15) is 0 Å². The summed E-state index contributed by atoms with van der Waals surface area (Å²) in [7, 11) is -4.08. The van der Waals surface area contributed by atoms with Gasteiger partial charge in [0.25, 0.3) is 10.0 Å². The van der Waals surface area contributed by atoms with Crippen molar-refractivity contribution in [1.29, 1.82) is 0 Å². The van der Waals surface area contributed by atoms with Gasteiger partial charge >= 0.3 is 0 Å². The molecule has 0 aliphatic heterocycles. The lowest BCUT2D eigenvalue weighted by molar-refractivity contribution is -0.139. The maximum Gasteiger partial charge on any atom is 0.264 e.